The molecule has 1 aromatic rings. The molecule has 0 bridgehead atoms. The molecule has 2 saturated heterocycles. The maximum Gasteiger partial charge on any atom is 0.0619 e. The number of ether oxygens (including phenoxy) is 1. The second-order valence-corrected chi connectivity index (χ2v) is 6.08. The second kappa shape index (κ2) is 6.66. The van der Waals surface area contributed by atoms with Crippen LogP contribution in [-0.4, -0.2) is 49.3 Å². The van der Waals surface area contributed by atoms with Gasteiger partial charge in [-0.15, -0.1) is 0 Å². The summed E-state index contributed by atoms with van der Waals surface area (Å²) in [6.07, 6.45) is 7.57. The van der Waals surface area contributed by atoms with Gasteiger partial charge in [0.05, 0.1) is 6.61 Å². The van der Waals surface area contributed by atoms with Crippen LogP contribution in [-0.2, 0) is 4.74 Å². The molecule has 3 rings (SSSR count). The normalized spacial score (nSPS) is 31.6. The van der Waals surface area contributed by atoms with Crippen LogP contribution in [0.1, 0.15) is 30.9 Å². The Bertz CT molecular complexity index is 405. The van der Waals surface area contributed by atoms with Crippen molar-refractivity contribution in [3.05, 3.63) is 30.1 Å². The molecule has 0 radical (unpaired) electrons. The van der Waals surface area contributed by atoms with E-state index >= 15 is 0 Å². The van der Waals surface area contributed by atoms with Crippen LogP contribution in [0.2, 0.25) is 0 Å². The van der Waals surface area contributed by atoms with Crippen molar-refractivity contribution < 1.29 is 4.74 Å². The number of nitrogens with zero attached hydrogens (tertiary/aromatic N) is 2. The van der Waals surface area contributed by atoms with Crippen LogP contribution in [0.25, 0.3) is 0 Å². The first kappa shape index (κ1) is 14.0. The monoisotopic (exact) mass is 275 g/mol. The number of hydrogen-bond donors (Lipinski definition) is 1. The van der Waals surface area contributed by atoms with Crippen molar-refractivity contribution in [1.29, 1.82) is 0 Å². The van der Waals surface area contributed by atoms with E-state index in [9.17, 15) is 0 Å². The summed E-state index contributed by atoms with van der Waals surface area (Å²) in [5, 5.41) is 3.71. The van der Waals surface area contributed by atoms with E-state index < -0.39 is 0 Å². The van der Waals surface area contributed by atoms with Crippen LogP contribution in [0.3, 0.4) is 0 Å². The molecule has 0 unspecified atom stereocenters. The van der Waals surface area contributed by atoms with Crippen LogP contribution in [0, 0.1) is 5.92 Å². The fourth-order valence-corrected chi connectivity index (χ4v) is 3.54. The zero-order valence-corrected chi connectivity index (χ0v) is 12.3. The summed E-state index contributed by atoms with van der Waals surface area (Å²) >= 11 is 0. The maximum absolute atomic E-state index is 5.55. The van der Waals surface area contributed by atoms with Crippen molar-refractivity contribution in [2.75, 3.05) is 33.4 Å². The molecular formula is C16H25N3O. The lowest BCUT2D eigenvalue weighted by atomic mass is 9.94. The molecule has 4 nitrogen and oxygen atoms in total. The molecule has 1 aromatic heterocycles. The Hall–Kier alpha value is -0.970. The van der Waals surface area contributed by atoms with E-state index in [4.69, 9.17) is 4.74 Å². The van der Waals surface area contributed by atoms with Gasteiger partial charge in [-0.1, -0.05) is 6.07 Å². The van der Waals surface area contributed by atoms with Gasteiger partial charge >= 0.3 is 0 Å². The minimum Gasteiger partial charge on any atom is -0.380 e. The van der Waals surface area contributed by atoms with E-state index in [2.05, 4.69) is 28.3 Å². The molecule has 0 saturated carbocycles. The summed E-state index contributed by atoms with van der Waals surface area (Å²) < 4.78 is 5.55. The van der Waals surface area contributed by atoms with Crippen molar-refractivity contribution in [3.63, 3.8) is 0 Å². The third-order valence-electron chi connectivity index (χ3n) is 4.63. The first-order chi connectivity index (χ1) is 9.84. The molecular weight excluding hydrogens is 250 g/mol. The van der Waals surface area contributed by atoms with Crippen LogP contribution < -0.4 is 5.32 Å². The van der Waals surface area contributed by atoms with Crippen LogP contribution in [0.5, 0.6) is 0 Å². The zero-order chi connectivity index (χ0) is 13.8. The average Bonchev–Trinajstić information content (AvgIpc) is 2.88. The van der Waals surface area contributed by atoms with Gasteiger partial charge < -0.3 is 10.1 Å². The van der Waals surface area contributed by atoms with E-state index in [1.165, 1.54) is 31.4 Å². The molecule has 4 heteroatoms. The van der Waals surface area contributed by atoms with Crippen molar-refractivity contribution in [3.8, 4) is 0 Å². The molecule has 2 aliphatic rings. The van der Waals surface area contributed by atoms with Gasteiger partial charge in [0, 0.05) is 37.6 Å². The minimum atomic E-state index is 0.501. The van der Waals surface area contributed by atoms with Crippen molar-refractivity contribution >= 4 is 0 Å². The SMILES string of the molecule is CN1CC[C@@H](CN[C@@H]2CCCOC2)[C@@H]1c1cccnc1. The molecule has 1 N–H and O–H groups in total. The lowest BCUT2D eigenvalue weighted by molar-refractivity contribution is 0.0684. The first-order valence-corrected chi connectivity index (χ1v) is 7.76. The van der Waals surface area contributed by atoms with Gasteiger partial charge in [0.2, 0.25) is 0 Å². The Kier molecular flexibility index (Phi) is 4.65. The van der Waals surface area contributed by atoms with E-state index in [1.54, 1.807) is 0 Å². The molecule has 0 aliphatic carbocycles. The predicted octanol–water partition coefficient (Wildman–Crippen LogP) is 1.84. The Labute approximate surface area is 121 Å². The molecule has 2 fully saturated rings. The molecule has 110 valence electrons. The van der Waals surface area contributed by atoms with E-state index in [1.807, 2.05) is 18.5 Å². The Morgan fingerprint density at radius 3 is 3.15 bits per heavy atom. The number of nitrogens with one attached hydrogen (secondary N) is 1. The number of rotatable bonds is 4. The summed E-state index contributed by atoms with van der Waals surface area (Å²) in [6.45, 7) is 4.06. The summed E-state index contributed by atoms with van der Waals surface area (Å²) in [5.41, 5.74) is 1.35. The van der Waals surface area contributed by atoms with Crippen LogP contribution in [0.4, 0.5) is 0 Å². The Morgan fingerprint density at radius 2 is 2.40 bits per heavy atom. The van der Waals surface area contributed by atoms with Crippen molar-refractivity contribution in [2.45, 2.75) is 31.3 Å². The largest absolute Gasteiger partial charge is 0.380 e. The number of pyridine rings is 1. The Morgan fingerprint density at radius 1 is 1.45 bits per heavy atom. The average molecular weight is 275 g/mol. The van der Waals surface area contributed by atoms with E-state index in [0.717, 1.165) is 19.8 Å². The second-order valence-electron chi connectivity index (χ2n) is 6.08. The van der Waals surface area contributed by atoms with Gasteiger partial charge in [0.15, 0.2) is 0 Å². The maximum atomic E-state index is 5.55. The smallest absolute Gasteiger partial charge is 0.0619 e. The molecule has 3 atom stereocenters. The van der Waals surface area contributed by atoms with Gasteiger partial charge in [-0.2, -0.15) is 0 Å². The standard InChI is InChI=1S/C16H25N3O/c1-19-8-6-14(11-18-15-5-3-9-20-12-15)16(19)13-4-2-7-17-10-13/h2,4,7,10,14-16,18H,3,5-6,8-9,11-12H2,1H3/t14-,15+,16-/m0/s1. The molecule has 3 heterocycles. The lowest BCUT2D eigenvalue weighted by Gasteiger charge is -2.28. The third kappa shape index (κ3) is 3.19. The summed E-state index contributed by atoms with van der Waals surface area (Å²) in [7, 11) is 2.22. The minimum absolute atomic E-state index is 0.501. The summed E-state index contributed by atoms with van der Waals surface area (Å²) in [6, 6.07) is 5.29. The fourth-order valence-electron chi connectivity index (χ4n) is 3.54. The summed E-state index contributed by atoms with van der Waals surface area (Å²) in [4.78, 5) is 6.74. The van der Waals surface area contributed by atoms with Crippen LogP contribution in [0.15, 0.2) is 24.5 Å². The molecule has 0 amide bonds. The quantitative estimate of drug-likeness (QED) is 0.910. The molecule has 20 heavy (non-hydrogen) atoms. The molecule has 0 spiro atoms. The van der Waals surface area contributed by atoms with E-state index in [-0.39, 0.29) is 0 Å². The molecule has 2 aliphatic heterocycles. The topological polar surface area (TPSA) is 37.4 Å². The van der Waals surface area contributed by atoms with Gasteiger partial charge in [-0.05, 0) is 50.4 Å². The zero-order valence-electron chi connectivity index (χ0n) is 12.3. The first-order valence-electron chi connectivity index (χ1n) is 7.76. The highest BCUT2D eigenvalue weighted by Gasteiger charge is 2.33. The van der Waals surface area contributed by atoms with Crippen molar-refractivity contribution in [2.24, 2.45) is 5.92 Å². The predicted molar refractivity (Wildman–Crippen MR) is 79.6 cm³/mol. The number of aromatic nitrogens is 1. The van der Waals surface area contributed by atoms with Gasteiger partial charge in [0.1, 0.15) is 0 Å². The van der Waals surface area contributed by atoms with Crippen molar-refractivity contribution in [1.82, 2.24) is 15.2 Å². The number of hydrogen-bond acceptors (Lipinski definition) is 4. The van der Waals surface area contributed by atoms with Gasteiger partial charge in [0.25, 0.3) is 0 Å². The number of likely N-dealkylation sites (tertiary alicyclic amines) is 1. The van der Waals surface area contributed by atoms with E-state index in [0.29, 0.717) is 18.0 Å². The van der Waals surface area contributed by atoms with Crippen LogP contribution >= 0.6 is 0 Å². The van der Waals surface area contributed by atoms with Gasteiger partial charge in [-0.25, -0.2) is 0 Å². The highest BCUT2D eigenvalue weighted by Crippen LogP contribution is 2.35. The fraction of sp³-hybridized carbons (Fsp3) is 0.688. The highest BCUT2D eigenvalue weighted by atomic mass is 16.5. The molecule has 0 aromatic carbocycles. The lowest BCUT2D eigenvalue weighted by Crippen LogP contribution is -2.40. The summed E-state index contributed by atoms with van der Waals surface area (Å²) in [5.74, 6) is 0.672. The van der Waals surface area contributed by atoms with Gasteiger partial charge in [-0.3, -0.25) is 9.88 Å². The Balaban J connectivity index is 1.60. The third-order valence-corrected chi connectivity index (χ3v) is 4.63. The highest BCUT2D eigenvalue weighted by molar-refractivity contribution is 5.17.